The number of allylic oxidation sites excluding steroid dienone is 6. The molecule has 1 atom stereocenters. The molecule has 2 aliphatic rings. The largest absolute Gasteiger partial charge is 0.416 e. The van der Waals surface area contributed by atoms with Crippen LogP contribution in [-0.2, 0) is 4.79 Å². The third-order valence-corrected chi connectivity index (χ3v) is 2.38. The van der Waals surface area contributed by atoms with Crippen molar-refractivity contribution in [2.45, 2.75) is 13.1 Å². The summed E-state index contributed by atoms with van der Waals surface area (Å²) in [5.74, 6) is -0.883. The number of nitrogens with zero attached hydrogens (tertiary/aromatic N) is 1. The van der Waals surface area contributed by atoms with Gasteiger partial charge in [-0.25, -0.2) is 0 Å². The third kappa shape index (κ3) is 1.85. The van der Waals surface area contributed by atoms with Crippen LogP contribution in [0.1, 0.15) is 6.92 Å². The molecule has 0 aromatic rings. The summed E-state index contributed by atoms with van der Waals surface area (Å²) in [7, 11) is 0. The molecule has 0 radical (unpaired) electrons. The summed E-state index contributed by atoms with van der Waals surface area (Å²) in [5.41, 5.74) is -0.172. The molecule has 2 nitrogen and oxygen atoms in total. The number of carbonyl (C=O) groups is 1. The van der Waals surface area contributed by atoms with Gasteiger partial charge in [0, 0.05) is 11.8 Å². The van der Waals surface area contributed by atoms with Gasteiger partial charge in [-0.2, -0.15) is 13.2 Å². The van der Waals surface area contributed by atoms with Crippen LogP contribution >= 0.6 is 0 Å². The summed E-state index contributed by atoms with van der Waals surface area (Å²) >= 11 is 0. The van der Waals surface area contributed by atoms with E-state index in [1.165, 1.54) is 12.2 Å². The summed E-state index contributed by atoms with van der Waals surface area (Å²) in [6.07, 6.45) is 0.0368. The van der Waals surface area contributed by atoms with Gasteiger partial charge in [-0.15, -0.1) is 0 Å². The quantitative estimate of drug-likeness (QED) is 0.625. The Balaban J connectivity index is 2.42. The fourth-order valence-corrected chi connectivity index (χ4v) is 1.65. The molecule has 0 aromatic carbocycles. The minimum Gasteiger partial charge on any atom is -0.294 e. The maximum atomic E-state index is 12.4. The second-order valence-corrected chi connectivity index (χ2v) is 3.66. The van der Waals surface area contributed by atoms with Crippen LogP contribution in [-0.4, -0.2) is 17.7 Å². The highest BCUT2D eigenvalue weighted by molar-refractivity contribution is 6.18. The average Bonchev–Trinajstić information content (AvgIpc) is 2.15. The van der Waals surface area contributed by atoms with Crippen molar-refractivity contribution in [3.8, 4) is 0 Å². The maximum Gasteiger partial charge on any atom is 0.416 e. The number of hydrogen-bond acceptors (Lipinski definition) is 2. The van der Waals surface area contributed by atoms with E-state index in [0.717, 1.165) is 12.2 Å². The highest BCUT2D eigenvalue weighted by Crippen LogP contribution is 2.31. The molecule has 84 valence electrons. The topological polar surface area (TPSA) is 29.4 Å². The van der Waals surface area contributed by atoms with Gasteiger partial charge in [0.05, 0.1) is 17.2 Å². The molecular formula is C11H8F3NO. The number of halogens is 3. The zero-order chi connectivity index (χ0) is 11.9. The van der Waals surface area contributed by atoms with E-state index in [9.17, 15) is 18.0 Å². The Bertz CT molecular complexity index is 466. The van der Waals surface area contributed by atoms with Crippen LogP contribution < -0.4 is 0 Å². The molecule has 0 spiro atoms. The predicted molar refractivity (Wildman–Crippen MR) is 53.0 cm³/mol. The lowest BCUT2D eigenvalue weighted by molar-refractivity contribution is -0.115. The van der Waals surface area contributed by atoms with Crippen molar-refractivity contribution in [1.29, 1.82) is 0 Å². The standard InChI is InChI=1S/C11H8F3NO/c1-6-4-10(16)8-3-2-7(11(12,13)14)5-9(8)15-6/h2-5,8H,1H3. The molecule has 0 saturated carbocycles. The number of rotatable bonds is 0. The fraction of sp³-hybridized carbons (Fsp3) is 0.273. The molecule has 1 unspecified atom stereocenters. The second-order valence-electron chi connectivity index (χ2n) is 3.66. The number of fused-ring (bicyclic) bond motifs is 1. The lowest BCUT2D eigenvalue weighted by atomic mass is 9.88. The normalized spacial score (nSPS) is 24.6. The van der Waals surface area contributed by atoms with Crippen LogP contribution in [0.2, 0.25) is 0 Å². The molecule has 0 N–H and O–H groups in total. The van der Waals surface area contributed by atoms with Gasteiger partial charge in [0.25, 0.3) is 0 Å². The summed E-state index contributed by atoms with van der Waals surface area (Å²) in [6.45, 7) is 1.58. The summed E-state index contributed by atoms with van der Waals surface area (Å²) < 4.78 is 37.3. The number of ketones is 1. The van der Waals surface area contributed by atoms with Gasteiger partial charge >= 0.3 is 6.18 Å². The number of carbonyl (C=O) groups excluding carboxylic acids is 1. The molecule has 0 amide bonds. The molecule has 0 bridgehead atoms. The number of aliphatic imine (C=N–C) groups is 1. The van der Waals surface area contributed by atoms with Gasteiger partial charge < -0.3 is 0 Å². The SMILES string of the molecule is CC1=CC(=O)C2C=CC(C(F)(F)F)=CC2=N1. The van der Waals surface area contributed by atoms with Gasteiger partial charge in [0.1, 0.15) is 0 Å². The monoisotopic (exact) mass is 227 g/mol. The van der Waals surface area contributed by atoms with Gasteiger partial charge in [0.15, 0.2) is 5.78 Å². The summed E-state index contributed by atoms with van der Waals surface area (Å²) in [5, 5.41) is 0. The van der Waals surface area contributed by atoms with E-state index >= 15 is 0 Å². The highest BCUT2D eigenvalue weighted by atomic mass is 19.4. The van der Waals surface area contributed by atoms with E-state index in [1.807, 2.05) is 0 Å². The lowest BCUT2D eigenvalue weighted by Gasteiger charge is -2.20. The molecule has 16 heavy (non-hydrogen) atoms. The zero-order valence-electron chi connectivity index (χ0n) is 8.38. The van der Waals surface area contributed by atoms with Gasteiger partial charge in [0.2, 0.25) is 0 Å². The smallest absolute Gasteiger partial charge is 0.294 e. The first-order chi connectivity index (χ1) is 7.38. The second kappa shape index (κ2) is 3.43. The first-order valence-electron chi connectivity index (χ1n) is 4.66. The minimum atomic E-state index is -4.40. The molecule has 0 saturated heterocycles. The first-order valence-corrected chi connectivity index (χ1v) is 4.66. The van der Waals surface area contributed by atoms with Crippen LogP contribution in [0.25, 0.3) is 0 Å². The fourth-order valence-electron chi connectivity index (χ4n) is 1.65. The van der Waals surface area contributed by atoms with Crippen molar-refractivity contribution in [2.75, 3.05) is 0 Å². The van der Waals surface area contributed by atoms with Gasteiger partial charge in [-0.05, 0) is 13.0 Å². The third-order valence-electron chi connectivity index (χ3n) is 2.38. The molecule has 0 fully saturated rings. The molecular weight excluding hydrogens is 219 g/mol. The number of hydrogen-bond donors (Lipinski definition) is 0. The van der Waals surface area contributed by atoms with Crippen LogP contribution in [0, 0.1) is 5.92 Å². The van der Waals surface area contributed by atoms with Crippen molar-refractivity contribution in [3.05, 3.63) is 35.6 Å². The van der Waals surface area contributed by atoms with E-state index in [-0.39, 0.29) is 11.5 Å². The van der Waals surface area contributed by atoms with Crippen molar-refractivity contribution in [1.82, 2.24) is 0 Å². The van der Waals surface area contributed by atoms with Gasteiger partial charge in [-0.1, -0.05) is 12.2 Å². The maximum absolute atomic E-state index is 12.4. The lowest BCUT2D eigenvalue weighted by Crippen LogP contribution is -2.27. The molecule has 2 rings (SSSR count). The molecule has 5 heteroatoms. The Morgan fingerprint density at radius 2 is 2.00 bits per heavy atom. The summed E-state index contributed by atoms with van der Waals surface area (Å²) in [6, 6.07) is 0. The van der Waals surface area contributed by atoms with Crippen LogP contribution in [0.15, 0.2) is 40.6 Å². The predicted octanol–water partition coefficient (Wildman–Crippen LogP) is 2.59. The minimum absolute atomic E-state index is 0.167. The molecule has 1 heterocycles. The van der Waals surface area contributed by atoms with E-state index in [1.54, 1.807) is 6.92 Å². The van der Waals surface area contributed by atoms with Crippen molar-refractivity contribution < 1.29 is 18.0 Å². The molecule has 1 aliphatic heterocycles. The Labute approximate surface area is 89.9 Å². The Morgan fingerprint density at radius 1 is 1.31 bits per heavy atom. The van der Waals surface area contributed by atoms with E-state index < -0.39 is 17.7 Å². The van der Waals surface area contributed by atoms with Crippen molar-refractivity contribution in [3.63, 3.8) is 0 Å². The first kappa shape index (κ1) is 10.9. The van der Waals surface area contributed by atoms with Crippen LogP contribution in [0.5, 0.6) is 0 Å². The average molecular weight is 227 g/mol. The zero-order valence-corrected chi connectivity index (χ0v) is 8.38. The van der Waals surface area contributed by atoms with Crippen LogP contribution in [0.4, 0.5) is 13.2 Å². The Hall–Kier alpha value is -1.65. The van der Waals surface area contributed by atoms with Gasteiger partial charge in [-0.3, -0.25) is 9.79 Å². The Morgan fingerprint density at radius 3 is 2.62 bits per heavy atom. The summed E-state index contributed by atoms with van der Waals surface area (Å²) in [4.78, 5) is 15.4. The van der Waals surface area contributed by atoms with E-state index in [4.69, 9.17) is 0 Å². The van der Waals surface area contributed by atoms with E-state index in [0.29, 0.717) is 5.70 Å². The molecule has 1 aliphatic carbocycles. The van der Waals surface area contributed by atoms with Crippen molar-refractivity contribution >= 4 is 11.5 Å². The highest BCUT2D eigenvalue weighted by Gasteiger charge is 2.36. The van der Waals surface area contributed by atoms with Crippen LogP contribution in [0.3, 0.4) is 0 Å². The van der Waals surface area contributed by atoms with E-state index in [2.05, 4.69) is 4.99 Å². The Kier molecular flexibility index (Phi) is 2.33. The van der Waals surface area contributed by atoms with Crippen molar-refractivity contribution in [2.24, 2.45) is 10.9 Å². The number of alkyl halides is 3. The molecule has 0 aromatic heterocycles.